The van der Waals surface area contributed by atoms with E-state index in [1.54, 1.807) is 0 Å². The molecule has 1 rings (SSSR count). The number of non-ortho nitro benzene ring substituents is 1. The highest BCUT2D eigenvalue weighted by molar-refractivity contribution is 5.97. The second-order valence-corrected chi connectivity index (χ2v) is 4.97. The molecule has 0 spiro atoms. The van der Waals surface area contributed by atoms with E-state index in [4.69, 9.17) is 9.84 Å². The minimum absolute atomic E-state index is 0.0559. The summed E-state index contributed by atoms with van der Waals surface area (Å²) in [7, 11) is 0. The lowest BCUT2D eigenvalue weighted by Crippen LogP contribution is -2.30. The Kier molecular flexibility index (Phi) is 4.44. The fourth-order valence-corrected chi connectivity index (χ4v) is 1.35. The van der Waals surface area contributed by atoms with Crippen LogP contribution in [0.3, 0.4) is 0 Å². The monoisotopic (exact) mass is 281 g/mol. The molecule has 1 N–H and O–H groups in total. The van der Waals surface area contributed by atoms with Gasteiger partial charge < -0.3 is 9.84 Å². The molecular formula is C13H15NO6. The minimum Gasteiger partial charge on any atom is -0.492 e. The molecular weight excluding hydrogens is 266 g/mol. The summed E-state index contributed by atoms with van der Waals surface area (Å²) < 4.78 is 5.34. The van der Waals surface area contributed by atoms with E-state index in [9.17, 15) is 19.7 Å². The molecule has 0 atom stereocenters. The molecule has 0 saturated heterocycles. The maximum atomic E-state index is 11.5. The standard InChI is InChI=1S/C13H15NO6/c1-8(15)10-6-9(14(18)19)4-5-11(10)20-7-13(2,3)12(16)17/h4-6H,7H2,1-3H3,(H,16,17). The smallest absolute Gasteiger partial charge is 0.312 e. The number of ether oxygens (including phenoxy) is 1. The lowest BCUT2D eigenvalue weighted by molar-refractivity contribution is -0.384. The number of Topliss-reactive ketones (excluding diaryl/α,β-unsaturated/α-hetero) is 1. The first-order chi connectivity index (χ1) is 9.15. The summed E-state index contributed by atoms with van der Waals surface area (Å²) in [5.74, 6) is -1.29. The Balaban J connectivity index is 3.04. The van der Waals surface area contributed by atoms with Gasteiger partial charge >= 0.3 is 5.97 Å². The van der Waals surface area contributed by atoms with Crippen LogP contribution in [-0.4, -0.2) is 28.4 Å². The maximum Gasteiger partial charge on any atom is 0.312 e. The summed E-state index contributed by atoms with van der Waals surface area (Å²) in [4.78, 5) is 32.5. The van der Waals surface area contributed by atoms with Crippen molar-refractivity contribution in [1.29, 1.82) is 0 Å². The second-order valence-electron chi connectivity index (χ2n) is 4.97. The quantitative estimate of drug-likeness (QED) is 0.487. The van der Waals surface area contributed by atoms with E-state index < -0.39 is 22.1 Å². The normalized spacial score (nSPS) is 10.9. The third kappa shape index (κ3) is 3.53. The lowest BCUT2D eigenvalue weighted by Gasteiger charge is -2.20. The number of rotatable bonds is 6. The minimum atomic E-state index is -1.13. The van der Waals surface area contributed by atoms with E-state index in [0.29, 0.717) is 0 Å². The predicted molar refractivity (Wildman–Crippen MR) is 70.0 cm³/mol. The molecule has 0 aromatic heterocycles. The average Bonchev–Trinajstić information content (AvgIpc) is 2.35. The van der Waals surface area contributed by atoms with Crippen LogP contribution in [0.25, 0.3) is 0 Å². The zero-order chi connectivity index (χ0) is 15.5. The Morgan fingerprint density at radius 1 is 1.40 bits per heavy atom. The Morgan fingerprint density at radius 2 is 2.00 bits per heavy atom. The van der Waals surface area contributed by atoms with Crippen LogP contribution in [0.4, 0.5) is 5.69 Å². The second kappa shape index (κ2) is 5.68. The SMILES string of the molecule is CC(=O)c1cc([N+](=O)[O-])ccc1OCC(C)(C)C(=O)O. The average molecular weight is 281 g/mol. The van der Waals surface area contributed by atoms with Crippen molar-refractivity contribution in [2.45, 2.75) is 20.8 Å². The molecule has 0 saturated carbocycles. The zero-order valence-electron chi connectivity index (χ0n) is 11.4. The molecule has 0 amide bonds. The Labute approximate surface area is 115 Å². The summed E-state index contributed by atoms with van der Waals surface area (Å²) in [5.41, 5.74) is -1.30. The molecule has 0 aliphatic rings. The van der Waals surface area contributed by atoms with Gasteiger partial charge in [0.1, 0.15) is 12.4 Å². The van der Waals surface area contributed by atoms with Gasteiger partial charge in [0.25, 0.3) is 5.69 Å². The topological polar surface area (TPSA) is 107 Å². The first-order valence-corrected chi connectivity index (χ1v) is 5.80. The number of ketones is 1. The summed E-state index contributed by atoms with van der Waals surface area (Å²) in [6.45, 7) is 4.07. The van der Waals surface area contributed by atoms with E-state index in [1.807, 2.05) is 0 Å². The summed E-state index contributed by atoms with van der Waals surface area (Å²) in [6, 6.07) is 3.62. The van der Waals surface area contributed by atoms with Gasteiger partial charge in [0.15, 0.2) is 5.78 Å². The number of benzene rings is 1. The van der Waals surface area contributed by atoms with Gasteiger partial charge in [0.05, 0.1) is 15.9 Å². The van der Waals surface area contributed by atoms with Gasteiger partial charge in [-0.25, -0.2) is 0 Å². The van der Waals surface area contributed by atoms with Crippen LogP contribution >= 0.6 is 0 Å². The molecule has 7 nitrogen and oxygen atoms in total. The number of carbonyl (C=O) groups is 2. The highest BCUT2D eigenvalue weighted by atomic mass is 16.6. The van der Waals surface area contributed by atoms with Crippen LogP contribution in [0.5, 0.6) is 5.75 Å². The fourth-order valence-electron chi connectivity index (χ4n) is 1.35. The third-order valence-corrected chi connectivity index (χ3v) is 2.72. The molecule has 0 fully saturated rings. The van der Waals surface area contributed by atoms with Gasteiger partial charge in [-0.05, 0) is 26.8 Å². The van der Waals surface area contributed by atoms with E-state index in [2.05, 4.69) is 0 Å². The van der Waals surface area contributed by atoms with Gasteiger partial charge in [0, 0.05) is 12.1 Å². The molecule has 0 bridgehead atoms. The number of carboxylic acid groups (broad SMARTS) is 1. The molecule has 108 valence electrons. The summed E-state index contributed by atoms with van der Waals surface area (Å²) >= 11 is 0. The molecule has 1 aromatic carbocycles. The van der Waals surface area contributed by atoms with Crippen LogP contribution in [0.1, 0.15) is 31.1 Å². The molecule has 0 heterocycles. The van der Waals surface area contributed by atoms with Crippen molar-refractivity contribution in [2.75, 3.05) is 6.61 Å². The van der Waals surface area contributed by atoms with Crippen LogP contribution in [0.15, 0.2) is 18.2 Å². The van der Waals surface area contributed by atoms with Crippen molar-refractivity contribution in [2.24, 2.45) is 5.41 Å². The summed E-state index contributed by atoms with van der Waals surface area (Å²) in [6.07, 6.45) is 0. The van der Waals surface area contributed by atoms with Gasteiger partial charge in [-0.15, -0.1) is 0 Å². The predicted octanol–water partition coefficient (Wildman–Crippen LogP) is 2.29. The number of nitrogens with zero attached hydrogens (tertiary/aromatic N) is 1. The van der Waals surface area contributed by atoms with Crippen molar-refractivity contribution >= 4 is 17.4 Å². The first-order valence-electron chi connectivity index (χ1n) is 5.80. The largest absolute Gasteiger partial charge is 0.492 e. The first kappa shape index (κ1) is 15.6. The Hall–Kier alpha value is -2.44. The van der Waals surface area contributed by atoms with Crippen molar-refractivity contribution in [3.63, 3.8) is 0 Å². The molecule has 1 aromatic rings. The van der Waals surface area contributed by atoms with Gasteiger partial charge in [-0.2, -0.15) is 0 Å². The number of nitro benzene ring substituents is 1. The van der Waals surface area contributed by atoms with E-state index in [0.717, 1.165) is 6.07 Å². The lowest BCUT2D eigenvalue weighted by atomic mass is 9.95. The van der Waals surface area contributed by atoms with Gasteiger partial charge in [-0.1, -0.05) is 0 Å². The highest BCUT2D eigenvalue weighted by Gasteiger charge is 2.29. The number of hydrogen-bond acceptors (Lipinski definition) is 5. The molecule has 20 heavy (non-hydrogen) atoms. The van der Waals surface area contributed by atoms with Crippen molar-refractivity contribution < 1.29 is 24.4 Å². The molecule has 0 aliphatic heterocycles. The van der Waals surface area contributed by atoms with Crippen molar-refractivity contribution in [1.82, 2.24) is 0 Å². The maximum absolute atomic E-state index is 11.5. The van der Waals surface area contributed by atoms with Crippen molar-refractivity contribution in [3.05, 3.63) is 33.9 Å². The van der Waals surface area contributed by atoms with E-state index in [-0.39, 0.29) is 23.6 Å². The Morgan fingerprint density at radius 3 is 2.45 bits per heavy atom. The zero-order valence-corrected chi connectivity index (χ0v) is 11.4. The molecule has 0 radical (unpaired) electrons. The highest BCUT2D eigenvalue weighted by Crippen LogP contribution is 2.26. The third-order valence-electron chi connectivity index (χ3n) is 2.72. The van der Waals surface area contributed by atoms with E-state index >= 15 is 0 Å². The van der Waals surface area contributed by atoms with E-state index in [1.165, 1.54) is 32.9 Å². The molecule has 7 heteroatoms. The van der Waals surface area contributed by atoms with Crippen LogP contribution < -0.4 is 4.74 Å². The number of nitro groups is 1. The number of carbonyl (C=O) groups excluding carboxylic acids is 1. The van der Waals surface area contributed by atoms with Crippen LogP contribution in [0.2, 0.25) is 0 Å². The number of aliphatic carboxylic acids is 1. The van der Waals surface area contributed by atoms with Gasteiger partial charge in [0.2, 0.25) is 0 Å². The molecule has 0 unspecified atom stereocenters. The fraction of sp³-hybridized carbons (Fsp3) is 0.385. The number of carboxylic acids is 1. The Bertz CT molecular complexity index is 564. The van der Waals surface area contributed by atoms with Crippen molar-refractivity contribution in [3.8, 4) is 5.75 Å². The summed E-state index contributed by atoms with van der Waals surface area (Å²) in [5, 5.41) is 19.6. The van der Waals surface area contributed by atoms with Crippen LogP contribution in [0, 0.1) is 15.5 Å². The molecule has 0 aliphatic carbocycles. The van der Waals surface area contributed by atoms with Crippen LogP contribution in [-0.2, 0) is 4.79 Å². The van der Waals surface area contributed by atoms with Gasteiger partial charge in [-0.3, -0.25) is 19.7 Å². The number of hydrogen-bond donors (Lipinski definition) is 1.